The zero-order valence-electron chi connectivity index (χ0n) is 18.4. The molecule has 164 valence electrons. The van der Waals surface area contributed by atoms with Crippen molar-refractivity contribution >= 4 is 17.5 Å². The van der Waals surface area contributed by atoms with Crippen LogP contribution in [0.5, 0.6) is 11.5 Å². The molecular formula is C26H26N2O4. The molecule has 1 N–H and O–H groups in total. The average molecular weight is 431 g/mol. The summed E-state index contributed by atoms with van der Waals surface area (Å²) in [4.78, 5) is 27.0. The second-order valence-corrected chi connectivity index (χ2v) is 7.73. The molecule has 3 aromatic rings. The van der Waals surface area contributed by atoms with Gasteiger partial charge in [-0.05, 0) is 53.4 Å². The van der Waals surface area contributed by atoms with Gasteiger partial charge in [0.25, 0.3) is 5.91 Å². The lowest BCUT2D eigenvalue weighted by atomic mass is 9.87. The maximum atomic E-state index is 13.7. The molecule has 0 aromatic heterocycles. The lowest BCUT2D eigenvalue weighted by Crippen LogP contribution is -2.40. The van der Waals surface area contributed by atoms with E-state index in [2.05, 4.69) is 5.32 Å². The van der Waals surface area contributed by atoms with E-state index in [1.165, 1.54) is 6.92 Å². The number of anilines is 1. The van der Waals surface area contributed by atoms with E-state index in [1.807, 2.05) is 47.4 Å². The molecular weight excluding hydrogens is 404 g/mol. The van der Waals surface area contributed by atoms with Crippen molar-refractivity contribution in [1.29, 1.82) is 0 Å². The number of fused-ring (bicyclic) bond motifs is 1. The minimum Gasteiger partial charge on any atom is -0.493 e. The molecule has 0 saturated carbocycles. The Balaban J connectivity index is 1.79. The first-order valence-corrected chi connectivity index (χ1v) is 10.5. The van der Waals surface area contributed by atoms with Crippen LogP contribution >= 0.6 is 0 Å². The Kier molecular flexibility index (Phi) is 6.12. The van der Waals surface area contributed by atoms with Crippen molar-refractivity contribution in [3.05, 3.63) is 89.0 Å². The second kappa shape index (κ2) is 9.14. The molecule has 1 aliphatic rings. The minimum atomic E-state index is -0.267. The van der Waals surface area contributed by atoms with Gasteiger partial charge < -0.3 is 19.7 Å². The Morgan fingerprint density at radius 2 is 1.66 bits per heavy atom. The van der Waals surface area contributed by atoms with Crippen LogP contribution in [-0.2, 0) is 11.2 Å². The van der Waals surface area contributed by atoms with E-state index in [4.69, 9.17) is 9.47 Å². The van der Waals surface area contributed by atoms with Crippen molar-refractivity contribution in [3.63, 3.8) is 0 Å². The molecule has 0 radical (unpaired) electrons. The Morgan fingerprint density at radius 1 is 0.938 bits per heavy atom. The summed E-state index contributed by atoms with van der Waals surface area (Å²) < 4.78 is 11.0. The topological polar surface area (TPSA) is 67.9 Å². The third kappa shape index (κ3) is 4.17. The maximum absolute atomic E-state index is 13.7. The van der Waals surface area contributed by atoms with Crippen molar-refractivity contribution < 1.29 is 19.1 Å². The molecule has 6 heteroatoms. The number of amides is 2. The van der Waals surface area contributed by atoms with Gasteiger partial charge in [0.2, 0.25) is 5.91 Å². The summed E-state index contributed by atoms with van der Waals surface area (Å²) in [5.74, 6) is 1.05. The van der Waals surface area contributed by atoms with Crippen LogP contribution in [0.15, 0.2) is 66.7 Å². The number of hydrogen-bond acceptors (Lipinski definition) is 4. The first-order valence-electron chi connectivity index (χ1n) is 10.5. The van der Waals surface area contributed by atoms with Gasteiger partial charge in [0, 0.05) is 24.7 Å². The van der Waals surface area contributed by atoms with Crippen molar-refractivity contribution in [2.24, 2.45) is 0 Å². The highest BCUT2D eigenvalue weighted by molar-refractivity contribution is 5.97. The molecule has 0 bridgehead atoms. The largest absolute Gasteiger partial charge is 0.493 e. The predicted octanol–water partition coefficient (Wildman–Crippen LogP) is 4.45. The van der Waals surface area contributed by atoms with Gasteiger partial charge in [-0.25, -0.2) is 0 Å². The van der Waals surface area contributed by atoms with Gasteiger partial charge in [-0.2, -0.15) is 0 Å². The molecule has 4 rings (SSSR count). The fourth-order valence-electron chi connectivity index (χ4n) is 4.26. The number of benzene rings is 3. The Labute approximate surface area is 187 Å². The summed E-state index contributed by atoms with van der Waals surface area (Å²) in [7, 11) is 3.24. The Bertz CT molecular complexity index is 1140. The van der Waals surface area contributed by atoms with E-state index in [0.29, 0.717) is 35.7 Å². The van der Waals surface area contributed by atoms with Crippen LogP contribution in [0, 0.1) is 0 Å². The SMILES string of the molecule is COc1cc2c(cc1OC)C(c1ccccc1)N(C(=O)c1cccc(NC(C)=O)c1)CC2. The molecule has 0 fully saturated rings. The van der Waals surface area contributed by atoms with E-state index in [-0.39, 0.29) is 17.9 Å². The molecule has 1 atom stereocenters. The second-order valence-electron chi connectivity index (χ2n) is 7.73. The highest BCUT2D eigenvalue weighted by atomic mass is 16.5. The molecule has 1 aliphatic heterocycles. The maximum Gasteiger partial charge on any atom is 0.254 e. The number of hydrogen-bond donors (Lipinski definition) is 1. The zero-order chi connectivity index (χ0) is 22.7. The zero-order valence-corrected chi connectivity index (χ0v) is 18.4. The lowest BCUT2D eigenvalue weighted by Gasteiger charge is -2.38. The van der Waals surface area contributed by atoms with Gasteiger partial charge in [-0.1, -0.05) is 36.4 Å². The average Bonchev–Trinajstić information content (AvgIpc) is 2.82. The number of carbonyl (C=O) groups excluding carboxylic acids is 2. The third-order valence-electron chi connectivity index (χ3n) is 5.68. The van der Waals surface area contributed by atoms with Crippen LogP contribution in [-0.4, -0.2) is 37.5 Å². The molecule has 32 heavy (non-hydrogen) atoms. The quantitative estimate of drug-likeness (QED) is 0.649. The summed E-state index contributed by atoms with van der Waals surface area (Å²) >= 11 is 0. The highest BCUT2D eigenvalue weighted by Gasteiger charge is 2.33. The molecule has 0 spiro atoms. The van der Waals surface area contributed by atoms with Crippen molar-refractivity contribution in [1.82, 2.24) is 4.90 Å². The normalized spacial score (nSPS) is 15.0. The number of rotatable bonds is 5. The number of carbonyl (C=O) groups is 2. The Morgan fingerprint density at radius 3 is 2.34 bits per heavy atom. The van der Waals surface area contributed by atoms with Gasteiger partial charge >= 0.3 is 0 Å². The number of ether oxygens (including phenoxy) is 2. The number of methoxy groups -OCH3 is 2. The molecule has 0 saturated heterocycles. The lowest BCUT2D eigenvalue weighted by molar-refractivity contribution is -0.114. The van der Waals surface area contributed by atoms with Crippen LogP contribution in [0.25, 0.3) is 0 Å². The fourth-order valence-corrected chi connectivity index (χ4v) is 4.26. The minimum absolute atomic E-state index is 0.0912. The van der Waals surface area contributed by atoms with Crippen molar-refractivity contribution in [2.45, 2.75) is 19.4 Å². The monoisotopic (exact) mass is 430 g/mol. The fraction of sp³-hybridized carbons (Fsp3) is 0.231. The van der Waals surface area contributed by atoms with E-state index in [1.54, 1.807) is 38.5 Å². The van der Waals surface area contributed by atoms with E-state index >= 15 is 0 Å². The first kappa shape index (κ1) is 21.4. The summed E-state index contributed by atoms with van der Waals surface area (Å²) in [5, 5.41) is 2.75. The summed E-state index contributed by atoms with van der Waals surface area (Å²) in [6.45, 7) is 2.01. The van der Waals surface area contributed by atoms with Crippen molar-refractivity contribution in [2.75, 3.05) is 26.1 Å². The smallest absolute Gasteiger partial charge is 0.254 e. The number of nitrogens with zero attached hydrogens (tertiary/aromatic N) is 1. The summed E-state index contributed by atoms with van der Waals surface area (Å²) in [6, 6.07) is 20.7. The number of nitrogens with one attached hydrogen (secondary N) is 1. The molecule has 6 nitrogen and oxygen atoms in total. The van der Waals surface area contributed by atoms with Crippen molar-refractivity contribution in [3.8, 4) is 11.5 Å². The molecule has 1 unspecified atom stereocenters. The Hall–Kier alpha value is -3.80. The van der Waals surface area contributed by atoms with E-state index < -0.39 is 0 Å². The van der Waals surface area contributed by atoms with Crippen LogP contribution in [0.3, 0.4) is 0 Å². The highest BCUT2D eigenvalue weighted by Crippen LogP contribution is 2.41. The van der Waals surface area contributed by atoms with Gasteiger partial charge in [0.1, 0.15) is 0 Å². The van der Waals surface area contributed by atoms with Crippen LogP contribution < -0.4 is 14.8 Å². The first-order chi connectivity index (χ1) is 15.5. The molecule has 1 heterocycles. The van der Waals surface area contributed by atoms with Gasteiger partial charge in [-0.15, -0.1) is 0 Å². The van der Waals surface area contributed by atoms with Gasteiger partial charge in [0.05, 0.1) is 20.3 Å². The molecule has 0 aliphatic carbocycles. The molecule has 2 amide bonds. The standard InChI is InChI=1S/C26H26N2O4/c1-17(29)27-21-11-7-10-20(14-21)26(30)28-13-12-19-15-23(31-2)24(32-3)16-22(19)25(28)18-8-5-4-6-9-18/h4-11,14-16,25H,12-13H2,1-3H3,(H,27,29). The van der Waals surface area contributed by atoms with E-state index in [9.17, 15) is 9.59 Å². The van der Waals surface area contributed by atoms with Gasteiger partial charge in [0.15, 0.2) is 11.5 Å². The summed E-state index contributed by atoms with van der Waals surface area (Å²) in [6.07, 6.45) is 0.705. The third-order valence-corrected chi connectivity index (χ3v) is 5.68. The molecule has 3 aromatic carbocycles. The van der Waals surface area contributed by atoms with E-state index in [0.717, 1.165) is 16.7 Å². The predicted molar refractivity (Wildman–Crippen MR) is 123 cm³/mol. The van der Waals surface area contributed by atoms with Crippen LogP contribution in [0.4, 0.5) is 5.69 Å². The van der Waals surface area contributed by atoms with Gasteiger partial charge in [-0.3, -0.25) is 9.59 Å². The summed E-state index contributed by atoms with van der Waals surface area (Å²) in [5.41, 5.74) is 4.30. The van der Waals surface area contributed by atoms with Crippen LogP contribution in [0.2, 0.25) is 0 Å². The van der Waals surface area contributed by atoms with Crippen LogP contribution in [0.1, 0.15) is 40.0 Å².